The van der Waals surface area contributed by atoms with E-state index < -0.39 is 0 Å². The van der Waals surface area contributed by atoms with Gasteiger partial charge in [-0.2, -0.15) is 0 Å². The molecular weight excluding hydrogens is 218 g/mol. The maximum atomic E-state index is 3.66. The molecule has 1 N–H and O–H groups in total. The highest BCUT2D eigenvalue weighted by Gasteiger charge is 2.28. The van der Waals surface area contributed by atoms with Crippen molar-refractivity contribution in [3.63, 3.8) is 0 Å². The first kappa shape index (κ1) is 18.0. The van der Waals surface area contributed by atoms with Gasteiger partial charge in [-0.3, -0.25) is 0 Å². The zero-order valence-electron chi connectivity index (χ0n) is 13.6. The van der Waals surface area contributed by atoms with Gasteiger partial charge in [-0.1, -0.05) is 60.3 Å². The molecule has 0 aliphatic carbocycles. The molecule has 0 aliphatic heterocycles. The Morgan fingerprint density at radius 1 is 0.944 bits per heavy atom. The molecule has 0 fully saturated rings. The van der Waals surface area contributed by atoms with E-state index in [-0.39, 0.29) is 0 Å². The second-order valence-corrected chi connectivity index (χ2v) is 6.00. The normalized spacial score (nSPS) is 13.8. The van der Waals surface area contributed by atoms with Gasteiger partial charge in [-0.25, -0.2) is 0 Å². The molecule has 1 unspecified atom stereocenters. The van der Waals surface area contributed by atoms with Crippen molar-refractivity contribution >= 4 is 0 Å². The number of hydrogen-bond acceptors (Lipinski definition) is 1. The molecule has 0 aromatic heterocycles. The number of unbranched alkanes of at least 4 members (excludes halogenated alkanes) is 1. The Bertz CT molecular complexity index is 172. The maximum Gasteiger partial charge on any atom is 0.000770 e. The lowest BCUT2D eigenvalue weighted by molar-refractivity contribution is 0.177. The summed E-state index contributed by atoms with van der Waals surface area (Å²) in [6, 6.07) is 0. The van der Waals surface area contributed by atoms with Crippen molar-refractivity contribution < 1.29 is 0 Å². The molecule has 1 atom stereocenters. The Hall–Kier alpha value is -0.0400. The average Bonchev–Trinajstić information content (AvgIpc) is 2.42. The van der Waals surface area contributed by atoms with Gasteiger partial charge in [0, 0.05) is 6.54 Å². The van der Waals surface area contributed by atoms with Crippen LogP contribution >= 0.6 is 0 Å². The van der Waals surface area contributed by atoms with Crippen LogP contribution < -0.4 is 5.32 Å². The minimum atomic E-state index is 0.545. The molecule has 0 aliphatic rings. The third kappa shape index (κ3) is 6.78. The van der Waals surface area contributed by atoms with Gasteiger partial charge in [0.25, 0.3) is 0 Å². The molecule has 0 saturated carbocycles. The Balaban J connectivity index is 4.35. The largest absolute Gasteiger partial charge is 0.316 e. The van der Waals surface area contributed by atoms with Crippen LogP contribution in [0.5, 0.6) is 0 Å². The molecule has 0 heterocycles. The first-order valence-electron chi connectivity index (χ1n) is 8.38. The Labute approximate surface area is 116 Å². The van der Waals surface area contributed by atoms with Crippen LogP contribution in [0.15, 0.2) is 0 Å². The summed E-state index contributed by atoms with van der Waals surface area (Å²) in [7, 11) is 0. The van der Waals surface area contributed by atoms with Gasteiger partial charge >= 0.3 is 0 Å². The predicted molar refractivity (Wildman–Crippen MR) is 84.1 cm³/mol. The average molecular weight is 255 g/mol. The van der Waals surface area contributed by atoms with Crippen molar-refractivity contribution in [1.29, 1.82) is 0 Å². The Morgan fingerprint density at radius 3 is 2.06 bits per heavy atom. The summed E-state index contributed by atoms with van der Waals surface area (Å²) in [4.78, 5) is 0. The maximum absolute atomic E-state index is 3.66. The van der Waals surface area contributed by atoms with Gasteiger partial charge in [-0.05, 0) is 43.6 Å². The van der Waals surface area contributed by atoms with E-state index in [4.69, 9.17) is 0 Å². The minimum Gasteiger partial charge on any atom is -0.316 e. The quantitative estimate of drug-likeness (QED) is 0.460. The second kappa shape index (κ2) is 10.8. The van der Waals surface area contributed by atoms with Crippen molar-refractivity contribution in [3.05, 3.63) is 0 Å². The molecule has 0 radical (unpaired) electrons. The smallest absolute Gasteiger partial charge is 0.000770 e. The third-order valence-electron chi connectivity index (χ3n) is 4.69. The van der Waals surface area contributed by atoms with Crippen LogP contribution in [0.1, 0.15) is 86.0 Å². The van der Waals surface area contributed by atoms with Gasteiger partial charge in [0.05, 0.1) is 0 Å². The van der Waals surface area contributed by atoms with E-state index in [1.165, 1.54) is 64.5 Å². The topological polar surface area (TPSA) is 12.0 Å². The molecule has 0 amide bonds. The van der Waals surface area contributed by atoms with Crippen LogP contribution in [-0.2, 0) is 0 Å². The summed E-state index contributed by atoms with van der Waals surface area (Å²) in [6.07, 6.45) is 10.9. The monoisotopic (exact) mass is 255 g/mol. The standard InChI is InChI=1S/C17H37N/c1-6-11-12-16(8-3)14-17(9-4,10-5)15-18-13-7-2/h16,18H,6-15H2,1-5H3. The summed E-state index contributed by atoms with van der Waals surface area (Å²) in [5, 5.41) is 3.66. The minimum absolute atomic E-state index is 0.545. The molecule has 1 heteroatoms. The van der Waals surface area contributed by atoms with Crippen LogP contribution in [-0.4, -0.2) is 13.1 Å². The van der Waals surface area contributed by atoms with Crippen molar-refractivity contribution in [2.45, 2.75) is 86.0 Å². The molecule has 0 spiro atoms. The SMILES string of the molecule is CCCCC(CC)CC(CC)(CC)CNCCC. The summed E-state index contributed by atoms with van der Waals surface area (Å²) in [5.41, 5.74) is 0.545. The van der Waals surface area contributed by atoms with Crippen LogP contribution in [0, 0.1) is 11.3 Å². The van der Waals surface area contributed by atoms with Crippen LogP contribution in [0.2, 0.25) is 0 Å². The second-order valence-electron chi connectivity index (χ2n) is 6.00. The van der Waals surface area contributed by atoms with Gasteiger partial charge in [-0.15, -0.1) is 0 Å². The molecule has 0 aromatic carbocycles. The Morgan fingerprint density at radius 2 is 1.61 bits per heavy atom. The highest BCUT2D eigenvalue weighted by atomic mass is 14.9. The first-order valence-corrected chi connectivity index (χ1v) is 8.38. The Kier molecular flexibility index (Phi) is 10.8. The van der Waals surface area contributed by atoms with Crippen molar-refractivity contribution in [2.24, 2.45) is 11.3 Å². The molecule has 0 bridgehead atoms. The van der Waals surface area contributed by atoms with Crippen molar-refractivity contribution in [1.82, 2.24) is 5.32 Å². The van der Waals surface area contributed by atoms with E-state index in [1.807, 2.05) is 0 Å². The molecule has 0 aromatic rings. The van der Waals surface area contributed by atoms with Crippen LogP contribution in [0.25, 0.3) is 0 Å². The van der Waals surface area contributed by atoms with E-state index in [0.29, 0.717) is 5.41 Å². The highest BCUT2D eigenvalue weighted by Crippen LogP contribution is 2.36. The molecule has 0 rings (SSSR count). The van der Waals surface area contributed by atoms with Crippen molar-refractivity contribution in [3.8, 4) is 0 Å². The molecule has 0 saturated heterocycles. The molecular formula is C17H37N. The van der Waals surface area contributed by atoms with E-state index in [2.05, 4.69) is 39.9 Å². The fourth-order valence-electron chi connectivity index (χ4n) is 2.95. The fourth-order valence-corrected chi connectivity index (χ4v) is 2.95. The van der Waals surface area contributed by atoms with Gasteiger partial charge in [0.2, 0.25) is 0 Å². The van der Waals surface area contributed by atoms with Crippen LogP contribution in [0.4, 0.5) is 0 Å². The summed E-state index contributed by atoms with van der Waals surface area (Å²) < 4.78 is 0. The van der Waals surface area contributed by atoms with Gasteiger partial charge < -0.3 is 5.32 Å². The summed E-state index contributed by atoms with van der Waals surface area (Å²) >= 11 is 0. The number of rotatable bonds is 12. The predicted octanol–water partition coefficient (Wildman–Crippen LogP) is 5.40. The highest BCUT2D eigenvalue weighted by molar-refractivity contribution is 4.82. The van der Waals surface area contributed by atoms with Crippen molar-refractivity contribution in [2.75, 3.05) is 13.1 Å². The van der Waals surface area contributed by atoms with E-state index >= 15 is 0 Å². The lowest BCUT2D eigenvalue weighted by atomic mass is 9.73. The molecule has 110 valence electrons. The molecule has 18 heavy (non-hydrogen) atoms. The number of hydrogen-bond donors (Lipinski definition) is 1. The van der Waals surface area contributed by atoms with Gasteiger partial charge in [0.15, 0.2) is 0 Å². The van der Waals surface area contributed by atoms with Gasteiger partial charge in [0.1, 0.15) is 0 Å². The summed E-state index contributed by atoms with van der Waals surface area (Å²) in [5.74, 6) is 0.938. The van der Waals surface area contributed by atoms with Crippen LogP contribution in [0.3, 0.4) is 0 Å². The third-order valence-corrected chi connectivity index (χ3v) is 4.69. The molecule has 1 nitrogen and oxygen atoms in total. The van der Waals surface area contributed by atoms with E-state index in [9.17, 15) is 0 Å². The lowest BCUT2D eigenvalue weighted by Crippen LogP contribution is -2.35. The zero-order valence-corrected chi connectivity index (χ0v) is 13.6. The fraction of sp³-hybridized carbons (Fsp3) is 1.00. The first-order chi connectivity index (χ1) is 8.67. The lowest BCUT2D eigenvalue weighted by Gasteiger charge is -2.35. The van der Waals surface area contributed by atoms with E-state index in [0.717, 1.165) is 5.92 Å². The van der Waals surface area contributed by atoms with E-state index in [1.54, 1.807) is 0 Å². The summed E-state index contributed by atoms with van der Waals surface area (Å²) in [6.45, 7) is 14.1. The number of nitrogens with one attached hydrogen (secondary N) is 1. The zero-order chi connectivity index (χ0) is 13.9.